The molecule has 32 heavy (non-hydrogen) atoms. The fourth-order valence-electron chi connectivity index (χ4n) is 3.97. The molecule has 1 aliphatic heterocycles. The molecule has 0 bridgehead atoms. The van der Waals surface area contributed by atoms with Crippen LogP contribution in [0.1, 0.15) is 42.1 Å². The van der Waals surface area contributed by atoms with Gasteiger partial charge in [0.05, 0.1) is 0 Å². The van der Waals surface area contributed by atoms with Gasteiger partial charge in [-0.2, -0.15) is 0 Å². The number of hydrogen-bond donors (Lipinski definition) is 1. The third-order valence-electron chi connectivity index (χ3n) is 5.78. The van der Waals surface area contributed by atoms with Crippen molar-refractivity contribution in [2.45, 2.75) is 39.2 Å². The molecule has 0 saturated carbocycles. The molecule has 1 saturated heterocycles. The van der Waals surface area contributed by atoms with E-state index < -0.39 is 5.63 Å². The molecule has 0 spiro atoms. The number of carbonyl (C=O) groups is 2. The quantitative estimate of drug-likeness (QED) is 0.610. The Hall–Kier alpha value is -3.61. The van der Waals surface area contributed by atoms with Crippen molar-refractivity contribution in [2.24, 2.45) is 0 Å². The Balaban J connectivity index is 1.38. The van der Waals surface area contributed by atoms with Crippen LogP contribution in [0.15, 0.2) is 57.7 Å². The number of carbonyl (C=O) groups excluding carboxylic acids is 2. The van der Waals surface area contributed by atoms with Crippen LogP contribution in [-0.2, 0) is 4.79 Å². The summed E-state index contributed by atoms with van der Waals surface area (Å²) in [6.07, 6.45) is 3.22. The SMILES string of the molecule is Cc1cc(C(=O)N2CCCCC2C)ccc1NC(=O)COc1ccc2ccc(=O)oc2c1. The van der Waals surface area contributed by atoms with Gasteiger partial charge in [-0.15, -0.1) is 0 Å². The zero-order chi connectivity index (χ0) is 22.7. The lowest BCUT2D eigenvalue weighted by molar-refractivity contribution is -0.118. The minimum Gasteiger partial charge on any atom is -0.484 e. The highest BCUT2D eigenvalue weighted by atomic mass is 16.5. The monoisotopic (exact) mass is 434 g/mol. The fraction of sp³-hybridized carbons (Fsp3) is 0.320. The zero-order valence-corrected chi connectivity index (χ0v) is 18.2. The van der Waals surface area contributed by atoms with Crippen LogP contribution in [0.2, 0.25) is 0 Å². The van der Waals surface area contributed by atoms with E-state index in [0.717, 1.165) is 36.8 Å². The summed E-state index contributed by atoms with van der Waals surface area (Å²) >= 11 is 0. The maximum Gasteiger partial charge on any atom is 0.336 e. The van der Waals surface area contributed by atoms with Crippen LogP contribution in [0.3, 0.4) is 0 Å². The number of nitrogens with zero attached hydrogens (tertiary/aromatic N) is 1. The van der Waals surface area contributed by atoms with E-state index in [1.807, 2.05) is 17.9 Å². The van der Waals surface area contributed by atoms with Crippen molar-refractivity contribution >= 4 is 28.5 Å². The van der Waals surface area contributed by atoms with Gasteiger partial charge in [0.25, 0.3) is 11.8 Å². The zero-order valence-electron chi connectivity index (χ0n) is 18.2. The number of benzene rings is 2. The molecule has 4 rings (SSSR count). The average molecular weight is 434 g/mol. The van der Waals surface area contributed by atoms with Crippen molar-refractivity contribution in [3.63, 3.8) is 0 Å². The number of hydrogen-bond acceptors (Lipinski definition) is 5. The van der Waals surface area contributed by atoms with Crippen LogP contribution in [0, 0.1) is 6.92 Å². The van der Waals surface area contributed by atoms with Gasteiger partial charge in [-0.1, -0.05) is 0 Å². The number of anilines is 1. The lowest BCUT2D eigenvalue weighted by atomic mass is 10.0. The number of ether oxygens (including phenoxy) is 1. The Morgan fingerprint density at radius 2 is 1.94 bits per heavy atom. The molecule has 7 heteroatoms. The van der Waals surface area contributed by atoms with E-state index >= 15 is 0 Å². The van der Waals surface area contributed by atoms with Crippen molar-refractivity contribution in [3.8, 4) is 5.75 Å². The molecule has 2 amide bonds. The molecule has 1 aromatic heterocycles. The molecule has 1 atom stereocenters. The van der Waals surface area contributed by atoms with E-state index in [0.29, 0.717) is 22.6 Å². The van der Waals surface area contributed by atoms with Crippen LogP contribution in [0.4, 0.5) is 5.69 Å². The van der Waals surface area contributed by atoms with E-state index in [2.05, 4.69) is 12.2 Å². The van der Waals surface area contributed by atoms with E-state index in [9.17, 15) is 14.4 Å². The van der Waals surface area contributed by atoms with Gasteiger partial charge in [0, 0.05) is 41.4 Å². The third kappa shape index (κ3) is 4.82. The van der Waals surface area contributed by atoms with Gasteiger partial charge in [0.1, 0.15) is 11.3 Å². The first-order valence-corrected chi connectivity index (χ1v) is 10.8. The summed E-state index contributed by atoms with van der Waals surface area (Å²) in [5, 5.41) is 3.59. The van der Waals surface area contributed by atoms with E-state index in [1.165, 1.54) is 6.07 Å². The molecule has 166 valence electrons. The van der Waals surface area contributed by atoms with E-state index in [4.69, 9.17) is 9.15 Å². The van der Waals surface area contributed by atoms with Crippen molar-refractivity contribution in [2.75, 3.05) is 18.5 Å². The molecule has 2 aromatic carbocycles. The van der Waals surface area contributed by atoms with Crippen molar-refractivity contribution in [1.82, 2.24) is 4.90 Å². The molecule has 2 heterocycles. The predicted octanol–water partition coefficient (Wildman–Crippen LogP) is 4.13. The summed E-state index contributed by atoms with van der Waals surface area (Å²) in [4.78, 5) is 38.5. The Morgan fingerprint density at radius 1 is 1.12 bits per heavy atom. The van der Waals surface area contributed by atoms with Gasteiger partial charge in [-0.3, -0.25) is 9.59 Å². The fourth-order valence-corrected chi connectivity index (χ4v) is 3.97. The van der Waals surface area contributed by atoms with Gasteiger partial charge in [-0.25, -0.2) is 4.79 Å². The average Bonchev–Trinajstić information content (AvgIpc) is 2.78. The molecule has 1 unspecified atom stereocenters. The lowest BCUT2D eigenvalue weighted by Crippen LogP contribution is -2.42. The highest BCUT2D eigenvalue weighted by Crippen LogP contribution is 2.23. The molecular formula is C25H26N2O5. The molecule has 3 aromatic rings. The molecular weight excluding hydrogens is 408 g/mol. The standard InChI is InChI=1S/C25H26N2O5/c1-16-13-19(25(30)27-12-4-3-5-17(27)2)7-10-21(16)26-23(28)15-31-20-9-6-18-8-11-24(29)32-22(18)14-20/h6-11,13-14,17H,3-5,12,15H2,1-2H3,(H,26,28). The number of nitrogens with one attached hydrogen (secondary N) is 1. The Labute approximate surface area is 186 Å². The molecule has 1 aliphatic rings. The first-order valence-electron chi connectivity index (χ1n) is 10.8. The first kappa shape index (κ1) is 21.6. The highest BCUT2D eigenvalue weighted by Gasteiger charge is 2.24. The number of fused-ring (bicyclic) bond motifs is 1. The molecule has 1 fully saturated rings. The highest BCUT2D eigenvalue weighted by molar-refractivity contribution is 5.97. The normalized spacial score (nSPS) is 16.1. The molecule has 1 N–H and O–H groups in total. The van der Waals surface area contributed by atoms with Gasteiger partial charge in [-0.05, 0) is 75.1 Å². The van der Waals surface area contributed by atoms with Crippen LogP contribution in [-0.4, -0.2) is 35.9 Å². The lowest BCUT2D eigenvalue weighted by Gasteiger charge is -2.33. The molecule has 7 nitrogen and oxygen atoms in total. The van der Waals surface area contributed by atoms with Crippen molar-refractivity contribution in [1.29, 1.82) is 0 Å². The third-order valence-corrected chi connectivity index (χ3v) is 5.78. The Morgan fingerprint density at radius 3 is 2.72 bits per heavy atom. The summed E-state index contributed by atoms with van der Waals surface area (Å²) in [6, 6.07) is 13.6. The minimum atomic E-state index is -0.445. The number of likely N-dealkylation sites (tertiary alicyclic amines) is 1. The van der Waals surface area contributed by atoms with Crippen LogP contribution >= 0.6 is 0 Å². The summed E-state index contributed by atoms with van der Waals surface area (Å²) in [5.74, 6) is 0.131. The number of rotatable bonds is 5. The maximum atomic E-state index is 12.9. The van der Waals surface area contributed by atoms with Gasteiger partial charge < -0.3 is 19.4 Å². The second-order valence-corrected chi connectivity index (χ2v) is 8.16. The number of piperidine rings is 1. The largest absolute Gasteiger partial charge is 0.484 e. The van der Waals surface area contributed by atoms with E-state index in [-0.39, 0.29) is 24.5 Å². The van der Waals surface area contributed by atoms with Gasteiger partial charge in [0.2, 0.25) is 0 Å². The van der Waals surface area contributed by atoms with Crippen molar-refractivity contribution < 1.29 is 18.7 Å². The van der Waals surface area contributed by atoms with Crippen LogP contribution in [0.25, 0.3) is 11.0 Å². The summed E-state index contributed by atoms with van der Waals surface area (Å²) < 4.78 is 10.7. The van der Waals surface area contributed by atoms with Crippen LogP contribution < -0.4 is 15.7 Å². The molecule has 0 aliphatic carbocycles. The Kier molecular flexibility index (Phi) is 6.25. The summed E-state index contributed by atoms with van der Waals surface area (Å²) in [5.41, 5.74) is 2.02. The van der Waals surface area contributed by atoms with Gasteiger partial charge >= 0.3 is 5.63 Å². The first-order chi connectivity index (χ1) is 15.4. The predicted molar refractivity (Wildman–Crippen MR) is 122 cm³/mol. The van der Waals surface area contributed by atoms with Gasteiger partial charge in [0.15, 0.2) is 6.61 Å². The van der Waals surface area contributed by atoms with Crippen LogP contribution in [0.5, 0.6) is 5.75 Å². The molecule has 0 radical (unpaired) electrons. The maximum absolute atomic E-state index is 12.9. The second kappa shape index (κ2) is 9.26. The van der Waals surface area contributed by atoms with E-state index in [1.54, 1.807) is 36.4 Å². The second-order valence-electron chi connectivity index (χ2n) is 8.16. The Bertz CT molecular complexity index is 1220. The van der Waals surface area contributed by atoms with Crippen molar-refractivity contribution in [3.05, 3.63) is 70.1 Å². The number of amides is 2. The smallest absolute Gasteiger partial charge is 0.336 e. The number of aryl methyl sites for hydroxylation is 1. The topological polar surface area (TPSA) is 88.9 Å². The summed E-state index contributed by atoms with van der Waals surface area (Å²) in [7, 11) is 0. The summed E-state index contributed by atoms with van der Waals surface area (Å²) in [6.45, 7) is 4.53. The minimum absolute atomic E-state index is 0.0319.